The normalized spacial score (nSPS) is 24.5. The van der Waals surface area contributed by atoms with E-state index in [9.17, 15) is 5.11 Å². The summed E-state index contributed by atoms with van der Waals surface area (Å²) in [5.41, 5.74) is 0.794. The van der Waals surface area contributed by atoms with Gasteiger partial charge in [0.1, 0.15) is 5.75 Å². The molecular weight excluding hydrogens is 262 g/mol. The minimum absolute atomic E-state index is 0.523. The van der Waals surface area contributed by atoms with E-state index in [2.05, 4.69) is 31.3 Å². The average molecular weight is 291 g/mol. The molecule has 118 valence electrons. The number of hydrogen-bond acceptors (Lipinski definition) is 3. The highest BCUT2D eigenvalue weighted by atomic mass is 16.5. The molecule has 1 saturated carbocycles. The molecule has 1 atom stereocenters. The summed E-state index contributed by atoms with van der Waals surface area (Å²) in [6.07, 6.45) is 3.16. The Bertz CT molecular complexity index is 433. The molecule has 3 heteroatoms. The largest absolute Gasteiger partial charge is 0.497 e. The second-order valence-electron chi connectivity index (χ2n) is 7.11. The minimum Gasteiger partial charge on any atom is -0.497 e. The van der Waals surface area contributed by atoms with Crippen LogP contribution in [0.25, 0.3) is 0 Å². The van der Waals surface area contributed by atoms with Gasteiger partial charge in [-0.2, -0.15) is 0 Å². The predicted molar refractivity (Wildman–Crippen MR) is 86.8 cm³/mol. The maximum atomic E-state index is 10.3. The Hall–Kier alpha value is -1.06. The van der Waals surface area contributed by atoms with Crippen molar-refractivity contribution in [2.24, 2.45) is 5.92 Å². The Morgan fingerprint density at radius 2 is 1.90 bits per heavy atom. The number of hydrogen-bond donors (Lipinski definition) is 2. The van der Waals surface area contributed by atoms with E-state index in [1.165, 1.54) is 5.56 Å². The molecule has 1 aliphatic rings. The SMILES string of the molecule is COc1ccc(C2CC(NCC(C)(O)CC(C)C)C2)cc1. The Labute approximate surface area is 128 Å². The van der Waals surface area contributed by atoms with Gasteiger partial charge in [0.2, 0.25) is 0 Å². The van der Waals surface area contributed by atoms with Crippen LogP contribution in [0.5, 0.6) is 5.75 Å². The summed E-state index contributed by atoms with van der Waals surface area (Å²) in [6.45, 7) is 6.92. The fourth-order valence-electron chi connectivity index (χ4n) is 3.25. The second-order valence-corrected chi connectivity index (χ2v) is 7.11. The summed E-state index contributed by atoms with van der Waals surface area (Å²) >= 11 is 0. The van der Waals surface area contributed by atoms with E-state index < -0.39 is 5.60 Å². The zero-order valence-corrected chi connectivity index (χ0v) is 13.7. The number of methoxy groups -OCH3 is 1. The molecule has 0 radical (unpaired) electrons. The van der Waals surface area contributed by atoms with E-state index in [1.807, 2.05) is 19.1 Å². The molecule has 1 unspecified atom stereocenters. The standard InChI is InChI=1S/C18H29NO2/c1-13(2)11-18(3,20)12-19-16-9-15(10-16)14-5-7-17(21-4)8-6-14/h5-8,13,15-16,19-20H,9-12H2,1-4H3. The highest BCUT2D eigenvalue weighted by molar-refractivity contribution is 5.30. The molecule has 0 spiro atoms. The first-order valence-corrected chi connectivity index (χ1v) is 7.99. The van der Waals surface area contributed by atoms with E-state index in [0.29, 0.717) is 24.4 Å². The van der Waals surface area contributed by atoms with Crippen LogP contribution >= 0.6 is 0 Å². The zero-order chi connectivity index (χ0) is 15.5. The van der Waals surface area contributed by atoms with Gasteiger partial charge in [-0.1, -0.05) is 26.0 Å². The Balaban J connectivity index is 1.73. The lowest BCUT2D eigenvalue weighted by Gasteiger charge is -2.38. The molecule has 21 heavy (non-hydrogen) atoms. The zero-order valence-electron chi connectivity index (χ0n) is 13.7. The Morgan fingerprint density at radius 3 is 2.43 bits per heavy atom. The van der Waals surface area contributed by atoms with Crippen LogP contribution in [-0.2, 0) is 0 Å². The molecule has 0 saturated heterocycles. The van der Waals surface area contributed by atoms with Crippen molar-refractivity contribution in [3.63, 3.8) is 0 Å². The van der Waals surface area contributed by atoms with Crippen molar-refractivity contribution in [2.75, 3.05) is 13.7 Å². The third-order valence-electron chi connectivity index (χ3n) is 4.34. The van der Waals surface area contributed by atoms with Crippen LogP contribution in [0.15, 0.2) is 24.3 Å². The molecule has 1 aliphatic carbocycles. The van der Waals surface area contributed by atoms with Gasteiger partial charge in [-0.25, -0.2) is 0 Å². The van der Waals surface area contributed by atoms with Crippen molar-refractivity contribution in [3.8, 4) is 5.75 Å². The molecule has 0 aliphatic heterocycles. The number of rotatable bonds is 7. The molecule has 0 aromatic heterocycles. The van der Waals surface area contributed by atoms with Crippen LogP contribution in [0.4, 0.5) is 0 Å². The summed E-state index contributed by atoms with van der Waals surface area (Å²) in [7, 11) is 1.70. The molecule has 0 amide bonds. The molecule has 0 heterocycles. The third-order valence-corrected chi connectivity index (χ3v) is 4.34. The van der Waals surface area contributed by atoms with Gasteiger partial charge < -0.3 is 15.2 Å². The predicted octanol–water partition coefficient (Wildman–Crippen LogP) is 3.33. The van der Waals surface area contributed by atoms with Gasteiger partial charge in [0.05, 0.1) is 12.7 Å². The first-order chi connectivity index (χ1) is 9.89. The maximum absolute atomic E-state index is 10.3. The van der Waals surface area contributed by atoms with Crippen LogP contribution in [-0.4, -0.2) is 30.4 Å². The van der Waals surface area contributed by atoms with Gasteiger partial charge in [0, 0.05) is 12.6 Å². The summed E-state index contributed by atoms with van der Waals surface area (Å²) in [5, 5.41) is 13.8. The van der Waals surface area contributed by atoms with Crippen LogP contribution in [0, 0.1) is 5.92 Å². The quantitative estimate of drug-likeness (QED) is 0.809. The second kappa shape index (κ2) is 6.80. The molecule has 3 nitrogen and oxygen atoms in total. The third kappa shape index (κ3) is 4.72. The van der Waals surface area contributed by atoms with Crippen molar-refractivity contribution in [2.45, 2.75) is 57.6 Å². The van der Waals surface area contributed by atoms with Crippen molar-refractivity contribution in [1.82, 2.24) is 5.32 Å². The van der Waals surface area contributed by atoms with Crippen molar-refractivity contribution in [3.05, 3.63) is 29.8 Å². The molecule has 1 aromatic carbocycles. The van der Waals surface area contributed by atoms with Gasteiger partial charge in [-0.3, -0.25) is 0 Å². The van der Waals surface area contributed by atoms with E-state index in [-0.39, 0.29) is 0 Å². The Morgan fingerprint density at radius 1 is 1.29 bits per heavy atom. The average Bonchev–Trinajstić information content (AvgIpc) is 2.36. The van der Waals surface area contributed by atoms with E-state index >= 15 is 0 Å². The van der Waals surface area contributed by atoms with Crippen LogP contribution in [0.3, 0.4) is 0 Å². The lowest BCUT2D eigenvalue weighted by Crippen LogP contribution is -2.47. The topological polar surface area (TPSA) is 41.5 Å². The summed E-state index contributed by atoms with van der Waals surface area (Å²) in [4.78, 5) is 0. The summed E-state index contributed by atoms with van der Waals surface area (Å²) < 4.78 is 5.19. The monoisotopic (exact) mass is 291 g/mol. The molecular formula is C18H29NO2. The lowest BCUT2D eigenvalue weighted by molar-refractivity contribution is 0.0320. The van der Waals surface area contributed by atoms with Crippen LogP contribution in [0.2, 0.25) is 0 Å². The molecule has 1 fully saturated rings. The summed E-state index contributed by atoms with van der Waals surface area (Å²) in [6, 6.07) is 8.92. The molecule has 2 N–H and O–H groups in total. The first-order valence-electron chi connectivity index (χ1n) is 7.99. The van der Waals surface area contributed by atoms with E-state index in [0.717, 1.165) is 25.0 Å². The van der Waals surface area contributed by atoms with Gasteiger partial charge in [-0.15, -0.1) is 0 Å². The number of aliphatic hydroxyl groups is 1. The minimum atomic E-state index is -0.598. The summed E-state index contributed by atoms with van der Waals surface area (Å²) in [5.74, 6) is 2.08. The van der Waals surface area contributed by atoms with Crippen molar-refractivity contribution >= 4 is 0 Å². The van der Waals surface area contributed by atoms with E-state index in [1.54, 1.807) is 7.11 Å². The van der Waals surface area contributed by atoms with Crippen molar-refractivity contribution in [1.29, 1.82) is 0 Å². The van der Waals surface area contributed by atoms with Gasteiger partial charge in [-0.05, 0) is 55.7 Å². The fraction of sp³-hybridized carbons (Fsp3) is 0.667. The fourth-order valence-corrected chi connectivity index (χ4v) is 3.25. The van der Waals surface area contributed by atoms with E-state index in [4.69, 9.17) is 4.74 Å². The molecule has 2 rings (SSSR count). The number of ether oxygens (including phenoxy) is 1. The van der Waals surface area contributed by atoms with Crippen LogP contribution < -0.4 is 10.1 Å². The lowest BCUT2D eigenvalue weighted by atomic mass is 9.75. The van der Waals surface area contributed by atoms with Gasteiger partial charge >= 0.3 is 0 Å². The Kier molecular flexibility index (Phi) is 5.28. The molecule has 1 aromatic rings. The van der Waals surface area contributed by atoms with Gasteiger partial charge in [0.25, 0.3) is 0 Å². The van der Waals surface area contributed by atoms with Crippen molar-refractivity contribution < 1.29 is 9.84 Å². The highest BCUT2D eigenvalue weighted by Gasteiger charge is 2.32. The molecule has 0 bridgehead atoms. The number of benzene rings is 1. The van der Waals surface area contributed by atoms with Crippen LogP contribution in [0.1, 0.15) is 51.5 Å². The smallest absolute Gasteiger partial charge is 0.118 e. The highest BCUT2D eigenvalue weighted by Crippen LogP contribution is 2.37. The number of nitrogens with one attached hydrogen (secondary N) is 1. The maximum Gasteiger partial charge on any atom is 0.118 e. The van der Waals surface area contributed by atoms with Gasteiger partial charge in [0.15, 0.2) is 0 Å². The first kappa shape index (κ1) is 16.3.